The minimum absolute atomic E-state index is 0.00761. The van der Waals surface area contributed by atoms with Crippen molar-refractivity contribution in [3.05, 3.63) is 89.1 Å². The lowest BCUT2D eigenvalue weighted by molar-refractivity contribution is -0.131. The number of nitrogens with one attached hydrogen (secondary N) is 1. The number of aryl methyl sites for hydroxylation is 1. The maximum Gasteiger partial charge on any atom is 0.425 e. The molecule has 14 heteroatoms. The van der Waals surface area contributed by atoms with Gasteiger partial charge in [0.2, 0.25) is 5.91 Å². The highest BCUT2D eigenvalue weighted by Crippen LogP contribution is 2.37. The second kappa shape index (κ2) is 16.1. The number of nitrogens with two attached hydrogens (primary N) is 1. The first-order valence-corrected chi connectivity index (χ1v) is 20.1. The number of rotatable bonds is 11. The zero-order chi connectivity index (χ0) is 41.3. The van der Waals surface area contributed by atoms with E-state index in [2.05, 4.69) is 10.3 Å². The number of nitrogens with zero attached hydrogens (tertiary/aromatic N) is 3. The summed E-state index contributed by atoms with van der Waals surface area (Å²) in [6, 6.07) is 16.3. The Hall–Kier alpha value is -5.21. The van der Waals surface area contributed by atoms with E-state index >= 15 is 0 Å². The first kappa shape index (κ1) is 41.9. The van der Waals surface area contributed by atoms with Gasteiger partial charge >= 0.3 is 12.2 Å². The van der Waals surface area contributed by atoms with Gasteiger partial charge in [-0.2, -0.15) is 4.90 Å². The van der Waals surface area contributed by atoms with Gasteiger partial charge in [0.15, 0.2) is 15.7 Å². The summed E-state index contributed by atoms with van der Waals surface area (Å²) in [5.74, 6) is -0.456. The predicted octanol–water partition coefficient (Wildman–Crippen LogP) is 7.65. The van der Waals surface area contributed by atoms with Crippen molar-refractivity contribution in [3.63, 3.8) is 0 Å². The van der Waals surface area contributed by atoms with Crippen LogP contribution in [0.15, 0.2) is 71.8 Å². The summed E-state index contributed by atoms with van der Waals surface area (Å²) in [6.07, 6.45) is 0.750. The predicted molar refractivity (Wildman–Crippen MR) is 217 cm³/mol. The number of aliphatic hydroxyl groups excluding tert-OH is 1. The van der Waals surface area contributed by atoms with Crippen molar-refractivity contribution in [1.82, 2.24) is 9.88 Å². The van der Waals surface area contributed by atoms with Crippen LogP contribution in [0.3, 0.4) is 0 Å². The van der Waals surface area contributed by atoms with Crippen LogP contribution in [-0.4, -0.2) is 71.6 Å². The molecule has 1 saturated carbocycles. The summed E-state index contributed by atoms with van der Waals surface area (Å²) in [6.45, 7) is 13.9. The van der Waals surface area contributed by atoms with Crippen LogP contribution in [0.25, 0.3) is 10.8 Å². The summed E-state index contributed by atoms with van der Waals surface area (Å²) in [7, 11) is -1.97. The van der Waals surface area contributed by atoms with E-state index in [1.807, 2.05) is 32.0 Å². The van der Waals surface area contributed by atoms with Crippen LogP contribution >= 0.6 is 0 Å². The Labute approximate surface area is 329 Å². The minimum Gasteiger partial charge on any atom is -0.443 e. The quantitative estimate of drug-likeness (QED) is 0.127. The van der Waals surface area contributed by atoms with E-state index in [0.29, 0.717) is 46.1 Å². The number of sulfone groups is 1. The van der Waals surface area contributed by atoms with Gasteiger partial charge in [-0.1, -0.05) is 25.1 Å². The van der Waals surface area contributed by atoms with Crippen molar-refractivity contribution in [3.8, 4) is 0 Å². The lowest BCUT2D eigenvalue weighted by Crippen LogP contribution is -2.44. The maximum absolute atomic E-state index is 14.5. The fraction of sp³-hybridized carbons (Fsp3) is 0.429. The third kappa shape index (κ3) is 9.77. The molecule has 4 N–H and O–H groups in total. The van der Waals surface area contributed by atoms with Gasteiger partial charge in [0.25, 0.3) is 0 Å². The summed E-state index contributed by atoms with van der Waals surface area (Å²) in [4.78, 5) is 48.3. The summed E-state index contributed by atoms with van der Waals surface area (Å²) in [5.41, 5.74) is 8.10. The molecule has 56 heavy (non-hydrogen) atoms. The number of nitrogen functional groups attached to an aromatic ring is 1. The van der Waals surface area contributed by atoms with E-state index in [1.54, 1.807) is 85.0 Å². The number of hydrogen-bond donors (Lipinski definition) is 3. The normalized spacial score (nSPS) is 14.5. The molecule has 1 fully saturated rings. The lowest BCUT2D eigenvalue weighted by atomic mass is 9.93. The minimum atomic E-state index is -3.58. The van der Waals surface area contributed by atoms with Crippen molar-refractivity contribution in [2.24, 2.45) is 0 Å². The standard InChI is InChI=1S/C42H53N5O8S/c1-25-20-28(10-15-33(25)26(2)24-48)36(38(49)46(9)23-29-21-30(43)11-17-35(29)56(52,53)32-13-14-32)45-31-12-16-34-27(22-31)18-19-44-37(34)47(39(50)54-41(3,4)5)40(51)55-42(6,7)8/h10-12,15-22,26,32,36,45,48H,13-14,23-24,43H2,1-9H3/t26-,36?/m0/s1. The SMILES string of the molecule is Cc1cc(C(Nc2ccc3c(N(C(=O)OC(C)(C)C)C(=O)OC(C)(C)C)nccc3c2)C(=O)N(C)Cc2cc(N)ccc2S(=O)(=O)C2CC2)ccc1[C@@H](C)CO. The molecular weight excluding hydrogens is 735 g/mol. The highest BCUT2D eigenvalue weighted by atomic mass is 32.2. The Morgan fingerprint density at radius 2 is 1.59 bits per heavy atom. The molecule has 4 aromatic rings. The summed E-state index contributed by atoms with van der Waals surface area (Å²) >= 11 is 0. The fourth-order valence-corrected chi connectivity index (χ4v) is 8.25. The van der Waals surface area contributed by atoms with Gasteiger partial charge in [0, 0.05) is 49.1 Å². The number of fused-ring (bicyclic) bond motifs is 1. The van der Waals surface area contributed by atoms with Crippen LogP contribution in [0, 0.1) is 6.92 Å². The molecule has 0 radical (unpaired) electrons. The average Bonchev–Trinajstić information content (AvgIpc) is 3.95. The molecule has 300 valence electrons. The first-order valence-electron chi connectivity index (χ1n) is 18.6. The van der Waals surface area contributed by atoms with Crippen LogP contribution in [0.5, 0.6) is 0 Å². The van der Waals surface area contributed by atoms with Crippen LogP contribution in [0.2, 0.25) is 0 Å². The lowest BCUT2D eigenvalue weighted by Gasteiger charge is -2.29. The number of benzene rings is 3. The molecule has 1 aliphatic rings. The summed E-state index contributed by atoms with van der Waals surface area (Å²) in [5, 5.41) is 13.8. The molecule has 1 unspecified atom stereocenters. The molecule has 1 heterocycles. The second-order valence-corrected chi connectivity index (χ2v) is 18.6. The maximum atomic E-state index is 14.5. The molecule has 0 bridgehead atoms. The topological polar surface area (TPSA) is 181 Å². The fourth-order valence-electron chi connectivity index (χ4n) is 6.39. The molecule has 3 aromatic carbocycles. The average molecular weight is 788 g/mol. The van der Waals surface area contributed by atoms with Gasteiger partial charge in [-0.05, 0) is 131 Å². The molecule has 1 aliphatic carbocycles. The third-order valence-corrected chi connectivity index (χ3v) is 11.6. The number of aliphatic hydroxyl groups is 1. The number of amides is 3. The second-order valence-electron chi connectivity index (χ2n) is 16.4. The number of carbonyl (C=O) groups excluding carboxylic acids is 3. The first-order chi connectivity index (χ1) is 26.1. The van der Waals surface area contributed by atoms with Gasteiger partial charge < -0.3 is 30.5 Å². The van der Waals surface area contributed by atoms with E-state index < -0.39 is 44.5 Å². The number of carbonyl (C=O) groups is 3. The molecule has 2 atom stereocenters. The van der Waals surface area contributed by atoms with Crippen LogP contribution in [-0.2, 0) is 30.7 Å². The number of imide groups is 1. The third-order valence-electron chi connectivity index (χ3n) is 9.24. The van der Waals surface area contributed by atoms with E-state index in [0.717, 1.165) is 16.0 Å². The molecule has 5 rings (SSSR count). The van der Waals surface area contributed by atoms with Crippen molar-refractivity contribution < 1.29 is 37.4 Å². The molecule has 1 aromatic heterocycles. The zero-order valence-electron chi connectivity index (χ0n) is 33.5. The number of anilines is 3. The number of likely N-dealkylation sites (N-methyl/N-ethyl adjacent to an activating group) is 1. The van der Waals surface area contributed by atoms with E-state index in [4.69, 9.17) is 15.2 Å². The molecule has 0 saturated heterocycles. The Bertz CT molecular complexity index is 2210. The summed E-state index contributed by atoms with van der Waals surface area (Å²) < 4.78 is 37.9. The van der Waals surface area contributed by atoms with Gasteiger partial charge in [-0.25, -0.2) is 23.0 Å². The number of ether oxygens (including phenoxy) is 2. The van der Waals surface area contributed by atoms with Crippen LogP contribution in [0.1, 0.15) is 95.5 Å². The van der Waals surface area contributed by atoms with Crippen molar-refractivity contribution in [2.75, 3.05) is 29.6 Å². The van der Waals surface area contributed by atoms with Gasteiger partial charge in [-0.3, -0.25) is 4.79 Å². The Morgan fingerprint density at radius 1 is 0.946 bits per heavy atom. The Balaban J connectivity index is 1.54. The van der Waals surface area contributed by atoms with Crippen LogP contribution < -0.4 is 16.0 Å². The van der Waals surface area contributed by atoms with Crippen LogP contribution in [0.4, 0.5) is 26.8 Å². The number of pyridine rings is 1. The van der Waals surface area contributed by atoms with Gasteiger partial charge in [0.05, 0.1) is 10.1 Å². The zero-order valence-corrected chi connectivity index (χ0v) is 34.4. The smallest absolute Gasteiger partial charge is 0.425 e. The largest absolute Gasteiger partial charge is 0.443 e. The Morgan fingerprint density at radius 3 is 2.16 bits per heavy atom. The monoisotopic (exact) mass is 787 g/mol. The van der Waals surface area contributed by atoms with Crippen molar-refractivity contribution in [2.45, 2.75) is 108 Å². The van der Waals surface area contributed by atoms with Gasteiger partial charge in [-0.15, -0.1) is 0 Å². The number of hydrogen-bond acceptors (Lipinski definition) is 11. The van der Waals surface area contributed by atoms with Crippen molar-refractivity contribution >= 4 is 55.9 Å². The van der Waals surface area contributed by atoms with Gasteiger partial charge in [0.1, 0.15) is 17.2 Å². The molecule has 13 nitrogen and oxygen atoms in total. The molecule has 0 aliphatic heterocycles. The Kier molecular flexibility index (Phi) is 12.1. The van der Waals surface area contributed by atoms with E-state index in [-0.39, 0.29) is 35.7 Å². The van der Waals surface area contributed by atoms with Crippen molar-refractivity contribution in [1.29, 1.82) is 0 Å². The highest BCUT2D eigenvalue weighted by molar-refractivity contribution is 7.92. The molecule has 0 spiro atoms. The number of aromatic nitrogens is 1. The van der Waals surface area contributed by atoms with E-state index in [9.17, 15) is 27.9 Å². The molecular formula is C42H53N5O8S. The highest BCUT2D eigenvalue weighted by Gasteiger charge is 2.39. The van der Waals surface area contributed by atoms with E-state index in [1.165, 1.54) is 17.2 Å². The molecule has 3 amide bonds.